The van der Waals surface area contributed by atoms with Crippen LogP contribution in [0.2, 0.25) is 0 Å². The Morgan fingerprint density at radius 2 is 2.12 bits per heavy atom. The van der Waals surface area contributed by atoms with Gasteiger partial charge in [-0.3, -0.25) is 4.99 Å². The Labute approximate surface area is 167 Å². The highest BCUT2D eigenvalue weighted by molar-refractivity contribution is 14.0. The second-order valence-corrected chi connectivity index (χ2v) is 6.71. The minimum absolute atomic E-state index is 0. The van der Waals surface area contributed by atoms with Crippen LogP contribution < -0.4 is 5.32 Å². The maximum absolute atomic E-state index is 4.89. The van der Waals surface area contributed by atoms with Crippen molar-refractivity contribution in [1.82, 2.24) is 15.1 Å². The van der Waals surface area contributed by atoms with E-state index in [2.05, 4.69) is 42.6 Å². The fourth-order valence-corrected chi connectivity index (χ4v) is 3.19. The minimum Gasteiger partial charge on any atom is -0.357 e. The first kappa shape index (κ1) is 23.7. The summed E-state index contributed by atoms with van der Waals surface area (Å²) in [5, 5.41) is 3.44. The Morgan fingerprint density at radius 1 is 1.33 bits per heavy atom. The van der Waals surface area contributed by atoms with Crippen molar-refractivity contribution in [3.63, 3.8) is 0 Å². The van der Waals surface area contributed by atoms with E-state index in [1.165, 1.54) is 51.7 Å². The molecule has 0 aromatic carbocycles. The van der Waals surface area contributed by atoms with Gasteiger partial charge in [0.25, 0.3) is 0 Å². The van der Waals surface area contributed by atoms with Crippen molar-refractivity contribution in [2.45, 2.75) is 52.4 Å². The molecule has 0 saturated carbocycles. The van der Waals surface area contributed by atoms with Gasteiger partial charge >= 0.3 is 0 Å². The first-order chi connectivity index (χ1) is 11.2. The van der Waals surface area contributed by atoms with Gasteiger partial charge in [0.1, 0.15) is 0 Å². The highest BCUT2D eigenvalue weighted by Crippen LogP contribution is 2.16. The number of guanidine groups is 1. The lowest BCUT2D eigenvalue weighted by molar-refractivity contribution is 0.326. The summed E-state index contributed by atoms with van der Waals surface area (Å²) < 4.78 is 0. The normalized spacial score (nSPS) is 18.3. The number of unbranched alkanes of at least 4 members (excludes halogenated alkanes) is 3. The highest BCUT2D eigenvalue weighted by Gasteiger charge is 2.21. The molecule has 0 bridgehead atoms. The van der Waals surface area contributed by atoms with Gasteiger partial charge in [-0.05, 0) is 58.0 Å². The standard InChI is InChI=1S/C19H38N4.HI/c1-5-8-9-10-11-14-22(4)19(20-7-3)21-16-18-12-15-23(17-18)13-6-2;/h5,18H,1,6-17H2,2-4H3,(H,20,21);1H. The van der Waals surface area contributed by atoms with E-state index in [-0.39, 0.29) is 24.0 Å². The molecule has 0 radical (unpaired) electrons. The van der Waals surface area contributed by atoms with E-state index in [1.807, 2.05) is 6.08 Å². The number of hydrogen-bond donors (Lipinski definition) is 1. The molecule has 24 heavy (non-hydrogen) atoms. The fraction of sp³-hybridized carbons (Fsp3) is 0.842. The molecule has 1 heterocycles. The Bertz CT molecular complexity index is 346. The van der Waals surface area contributed by atoms with Gasteiger partial charge in [0.15, 0.2) is 5.96 Å². The molecule has 0 aromatic rings. The molecular formula is C19H39IN4. The lowest BCUT2D eigenvalue weighted by Gasteiger charge is -2.22. The van der Waals surface area contributed by atoms with E-state index in [1.54, 1.807) is 0 Å². The Hall–Kier alpha value is -0.300. The highest BCUT2D eigenvalue weighted by atomic mass is 127. The molecule has 0 aliphatic carbocycles. The Kier molecular flexibility index (Phi) is 14.8. The van der Waals surface area contributed by atoms with Crippen LogP contribution in [0.25, 0.3) is 0 Å². The summed E-state index contributed by atoms with van der Waals surface area (Å²) in [4.78, 5) is 9.76. The van der Waals surface area contributed by atoms with Gasteiger partial charge in [-0.2, -0.15) is 0 Å². The zero-order valence-electron chi connectivity index (χ0n) is 16.1. The molecule has 1 fully saturated rings. The van der Waals surface area contributed by atoms with Crippen LogP contribution in [-0.2, 0) is 0 Å². The van der Waals surface area contributed by atoms with Gasteiger partial charge in [0.05, 0.1) is 0 Å². The van der Waals surface area contributed by atoms with Gasteiger partial charge in [-0.15, -0.1) is 30.6 Å². The molecule has 0 aromatic heterocycles. The van der Waals surface area contributed by atoms with Gasteiger partial charge < -0.3 is 15.1 Å². The lowest BCUT2D eigenvalue weighted by Crippen LogP contribution is -2.39. The summed E-state index contributed by atoms with van der Waals surface area (Å²) in [5.41, 5.74) is 0. The molecule has 1 aliphatic rings. The van der Waals surface area contributed by atoms with Crippen LogP contribution in [0.4, 0.5) is 0 Å². The van der Waals surface area contributed by atoms with E-state index in [9.17, 15) is 0 Å². The second kappa shape index (κ2) is 15.0. The molecule has 142 valence electrons. The topological polar surface area (TPSA) is 30.9 Å². The predicted octanol–water partition coefficient (Wildman–Crippen LogP) is 3.98. The summed E-state index contributed by atoms with van der Waals surface area (Å²) in [6, 6.07) is 0. The van der Waals surface area contributed by atoms with E-state index >= 15 is 0 Å². The van der Waals surface area contributed by atoms with E-state index in [4.69, 9.17) is 4.99 Å². The summed E-state index contributed by atoms with van der Waals surface area (Å²) in [6.45, 7) is 14.9. The number of likely N-dealkylation sites (tertiary alicyclic amines) is 1. The summed E-state index contributed by atoms with van der Waals surface area (Å²) in [7, 11) is 2.16. The minimum atomic E-state index is 0. The SMILES string of the molecule is C=CCCCCCN(C)C(=NCC1CCN(CCC)C1)NCC.I. The summed E-state index contributed by atoms with van der Waals surface area (Å²) >= 11 is 0. The van der Waals surface area contributed by atoms with Crippen LogP contribution in [0.1, 0.15) is 52.4 Å². The molecular weight excluding hydrogens is 411 g/mol. The Morgan fingerprint density at radius 3 is 2.79 bits per heavy atom. The number of hydrogen-bond acceptors (Lipinski definition) is 2. The zero-order chi connectivity index (χ0) is 16.9. The van der Waals surface area contributed by atoms with E-state index in [0.29, 0.717) is 0 Å². The van der Waals surface area contributed by atoms with Crippen molar-refractivity contribution in [2.75, 3.05) is 46.3 Å². The molecule has 1 saturated heterocycles. The average molecular weight is 450 g/mol. The van der Waals surface area contributed by atoms with Gasteiger partial charge in [0, 0.05) is 33.2 Å². The number of nitrogens with zero attached hydrogens (tertiary/aromatic N) is 3. The van der Waals surface area contributed by atoms with Gasteiger partial charge in [0.2, 0.25) is 0 Å². The molecule has 4 nitrogen and oxygen atoms in total. The molecule has 1 aliphatic heterocycles. The van der Waals surface area contributed by atoms with Crippen LogP contribution >= 0.6 is 24.0 Å². The molecule has 0 spiro atoms. The molecule has 1 N–H and O–H groups in total. The van der Waals surface area contributed by atoms with Crippen molar-refractivity contribution < 1.29 is 0 Å². The zero-order valence-corrected chi connectivity index (χ0v) is 18.4. The quantitative estimate of drug-likeness (QED) is 0.170. The number of halogens is 1. The number of aliphatic imine (C=N–C) groups is 1. The fourth-order valence-electron chi connectivity index (χ4n) is 3.19. The third kappa shape index (κ3) is 9.87. The van der Waals surface area contributed by atoms with Crippen molar-refractivity contribution in [3.05, 3.63) is 12.7 Å². The van der Waals surface area contributed by atoms with Crippen LogP contribution in [0.5, 0.6) is 0 Å². The number of rotatable bonds is 11. The lowest BCUT2D eigenvalue weighted by atomic mass is 10.1. The number of nitrogens with one attached hydrogen (secondary N) is 1. The van der Waals surface area contributed by atoms with E-state index in [0.717, 1.165) is 37.9 Å². The van der Waals surface area contributed by atoms with E-state index < -0.39 is 0 Å². The van der Waals surface area contributed by atoms with Crippen LogP contribution in [0, 0.1) is 5.92 Å². The average Bonchev–Trinajstić information content (AvgIpc) is 2.99. The van der Waals surface area contributed by atoms with Gasteiger partial charge in [-0.25, -0.2) is 0 Å². The maximum atomic E-state index is 4.89. The predicted molar refractivity (Wildman–Crippen MR) is 118 cm³/mol. The third-order valence-corrected chi connectivity index (χ3v) is 4.51. The molecule has 1 atom stereocenters. The number of allylic oxidation sites excluding steroid dienone is 1. The second-order valence-electron chi connectivity index (χ2n) is 6.71. The van der Waals surface area contributed by atoms with Crippen molar-refractivity contribution in [1.29, 1.82) is 0 Å². The monoisotopic (exact) mass is 450 g/mol. The smallest absolute Gasteiger partial charge is 0.193 e. The van der Waals surface area contributed by atoms with Crippen LogP contribution in [-0.4, -0.2) is 62.1 Å². The molecule has 5 heteroatoms. The largest absolute Gasteiger partial charge is 0.357 e. The van der Waals surface area contributed by atoms with Crippen LogP contribution in [0.3, 0.4) is 0 Å². The van der Waals surface area contributed by atoms with Crippen LogP contribution in [0.15, 0.2) is 17.6 Å². The van der Waals surface area contributed by atoms with Crippen molar-refractivity contribution >= 4 is 29.9 Å². The summed E-state index contributed by atoms with van der Waals surface area (Å²) in [5.74, 6) is 1.81. The molecule has 0 amide bonds. The third-order valence-electron chi connectivity index (χ3n) is 4.51. The van der Waals surface area contributed by atoms with Crippen molar-refractivity contribution in [2.24, 2.45) is 10.9 Å². The maximum Gasteiger partial charge on any atom is 0.193 e. The first-order valence-electron chi connectivity index (χ1n) is 9.53. The Balaban J connectivity index is 0.00000529. The molecule has 1 unspecified atom stereocenters. The molecule has 1 rings (SSSR count). The first-order valence-corrected chi connectivity index (χ1v) is 9.53. The van der Waals surface area contributed by atoms with Crippen molar-refractivity contribution in [3.8, 4) is 0 Å². The van der Waals surface area contributed by atoms with Gasteiger partial charge in [-0.1, -0.05) is 19.4 Å². The summed E-state index contributed by atoms with van der Waals surface area (Å²) in [6.07, 6.45) is 9.45.